The Kier molecular flexibility index (Phi) is 4.81. The van der Waals surface area contributed by atoms with Crippen LogP contribution in [0.3, 0.4) is 0 Å². The van der Waals surface area contributed by atoms with Gasteiger partial charge in [-0.3, -0.25) is 4.98 Å². The summed E-state index contributed by atoms with van der Waals surface area (Å²) in [7, 11) is 0. The third kappa shape index (κ3) is 3.47. The maximum Gasteiger partial charge on any atom is 0.0448 e. The molecule has 1 saturated heterocycles. The van der Waals surface area contributed by atoms with Crippen molar-refractivity contribution in [1.29, 1.82) is 0 Å². The Hall–Kier alpha value is -1.09. The molecule has 3 heteroatoms. The first kappa shape index (κ1) is 14.3. The van der Waals surface area contributed by atoms with E-state index in [1.54, 1.807) is 0 Å². The molecule has 1 aromatic rings. The number of nitrogens with zero attached hydrogens (tertiary/aromatic N) is 2. The van der Waals surface area contributed by atoms with Crippen molar-refractivity contribution < 1.29 is 0 Å². The zero-order valence-corrected chi connectivity index (χ0v) is 12.7. The van der Waals surface area contributed by atoms with Crippen LogP contribution in [0.2, 0.25) is 0 Å². The third-order valence-corrected chi connectivity index (χ3v) is 4.09. The van der Waals surface area contributed by atoms with Crippen LogP contribution in [0.15, 0.2) is 12.3 Å². The highest BCUT2D eigenvalue weighted by Crippen LogP contribution is 2.30. The number of pyridine rings is 1. The molecule has 0 amide bonds. The Morgan fingerprint density at radius 3 is 2.89 bits per heavy atom. The lowest BCUT2D eigenvalue weighted by Crippen LogP contribution is -2.41. The maximum atomic E-state index is 4.46. The van der Waals surface area contributed by atoms with Crippen molar-refractivity contribution >= 4 is 5.69 Å². The maximum absolute atomic E-state index is 4.46. The molecule has 1 aliphatic heterocycles. The SMILES string of the molecule is CCNCc1cnc(C)cc1N1CC(C)CCC1C. The van der Waals surface area contributed by atoms with Crippen LogP contribution in [0.1, 0.15) is 44.9 Å². The van der Waals surface area contributed by atoms with Crippen molar-refractivity contribution in [2.75, 3.05) is 18.0 Å². The van der Waals surface area contributed by atoms with Crippen molar-refractivity contribution in [3.8, 4) is 0 Å². The molecule has 1 fully saturated rings. The zero-order valence-electron chi connectivity index (χ0n) is 12.7. The van der Waals surface area contributed by atoms with E-state index in [9.17, 15) is 0 Å². The first-order valence-electron chi connectivity index (χ1n) is 7.54. The van der Waals surface area contributed by atoms with Crippen LogP contribution >= 0.6 is 0 Å². The number of anilines is 1. The summed E-state index contributed by atoms with van der Waals surface area (Å²) in [4.78, 5) is 7.04. The van der Waals surface area contributed by atoms with E-state index in [0.29, 0.717) is 6.04 Å². The predicted octanol–water partition coefficient (Wildman–Crippen LogP) is 3.12. The van der Waals surface area contributed by atoms with E-state index in [1.165, 1.54) is 30.6 Å². The lowest BCUT2D eigenvalue weighted by molar-refractivity contribution is 0.389. The highest BCUT2D eigenvalue weighted by atomic mass is 15.2. The van der Waals surface area contributed by atoms with E-state index in [2.05, 4.69) is 49.0 Å². The van der Waals surface area contributed by atoms with Gasteiger partial charge >= 0.3 is 0 Å². The summed E-state index contributed by atoms with van der Waals surface area (Å²) in [6.07, 6.45) is 4.69. The zero-order chi connectivity index (χ0) is 13.8. The average molecular weight is 261 g/mol. The van der Waals surface area contributed by atoms with Gasteiger partial charge in [-0.2, -0.15) is 0 Å². The Morgan fingerprint density at radius 1 is 1.37 bits per heavy atom. The largest absolute Gasteiger partial charge is 0.368 e. The van der Waals surface area contributed by atoms with Crippen molar-refractivity contribution in [2.24, 2.45) is 5.92 Å². The van der Waals surface area contributed by atoms with E-state index in [-0.39, 0.29) is 0 Å². The lowest BCUT2D eigenvalue weighted by atomic mass is 9.94. The summed E-state index contributed by atoms with van der Waals surface area (Å²) in [5.41, 5.74) is 3.82. The van der Waals surface area contributed by atoms with Gasteiger partial charge in [0.1, 0.15) is 0 Å². The monoisotopic (exact) mass is 261 g/mol. The molecule has 0 spiro atoms. The van der Waals surface area contributed by atoms with Crippen LogP contribution in [0.25, 0.3) is 0 Å². The van der Waals surface area contributed by atoms with Crippen molar-refractivity contribution in [2.45, 2.75) is 53.1 Å². The molecular formula is C16H27N3. The molecule has 0 aliphatic carbocycles. The Labute approximate surface area is 117 Å². The Bertz CT molecular complexity index is 416. The summed E-state index contributed by atoms with van der Waals surface area (Å²) in [6.45, 7) is 12.0. The second-order valence-corrected chi connectivity index (χ2v) is 5.92. The molecule has 2 heterocycles. The number of hydrogen-bond acceptors (Lipinski definition) is 3. The van der Waals surface area contributed by atoms with E-state index in [1.807, 2.05) is 6.20 Å². The predicted molar refractivity (Wildman–Crippen MR) is 81.6 cm³/mol. The molecule has 106 valence electrons. The van der Waals surface area contributed by atoms with Gasteiger partial charge in [-0.15, -0.1) is 0 Å². The summed E-state index contributed by atoms with van der Waals surface area (Å²) < 4.78 is 0. The lowest BCUT2D eigenvalue weighted by Gasteiger charge is -2.39. The number of piperidine rings is 1. The van der Waals surface area contributed by atoms with Crippen molar-refractivity contribution in [3.05, 3.63) is 23.5 Å². The van der Waals surface area contributed by atoms with E-state index >= 15 is 0 Å². The molecule has 3 nitrogen and oxygen atoms in total. The van der Waals surface area contributed by atoms with Gasteiger partial charge in [0.25, 0.3) is 0 Å². The number of rotatable bonds is 4. The molecule has 1 N–H and O–H groups in total. The molecule has 2 atom stereocenters. The fourth-order valence-corrected chi connectivity index (χ4v) is 2.86. The van der Waals surface area contributed by atoms with Gasteiger partial charge < -0.3 is 10.2 Å². The quantitative estimate of drug-likeness (QED) is 0.902. The van der Waals surface area contributed by atoms with E-state index < -0.39 is 0 Å². The number of nitrogens with one attached hydrogen (secondary N) is 1. The van der Waals surface area contributed by atoms with Gasteiger partial charge in [-0.1, -0.05) is 13.8 Å². The molecule has 19 heavy (non-hydrogen) atoms. The number of aryl methyl sites for hydroxylation is 1. The minimum absolute atomic E-state index is 0.637. The van der Waals surface area contributed by atoms with Gasteiger partial charge in [-0.25, -0.2) is 0 Å². The fourth-order valence-electron chi connectivity index (χ4n) is 2.86. The van der Waals surface area contributed by atoms with Crippen molar-refractivity contribution in [1.82, 2.24) is 10.3 Å². The second-order valence-electron chi connectivity index (χ2n) is 5.92. The number of hydrogen-bond donors (Lipinski definition) is 1. The van der Waals surface area contributed by atoms with E-state index in [4.69, 9.17) is 0 Å². The van der Waals surface area contributed by atoms with Gasteiger partial charge in [-0.05, 0) is 45.2 Å². The molecule has 2 rings (SSSR count). The fraction of sp³-hybridized carbons (Fsp3) is 0.688. The Balaban J connectivity index is 2.27. The molecule has 0 aromatic carbocycles. The van der Waals surface area contributed by atoms with Gasteiger partial charge in [0, 0.05) is 42.3 Å². The summed E-state index contributed by atoms with van der Waals surface area (Å²) in [5, 5.41) is 3.42. The summed E-state index contributed by atoms with van der Waals surface area (Å²) in [5.74, 6) is 0.789. The molecule has 1 aliphatic rings. The summed E-state index contributed by atoms with van der Waals surface area (Å²) in [6, 6.07) is 2.89. The molecule has 0 saturated carbocycles. The number of aromatic nitrogens is 1. The van der Waals surface area contributed by atoms with Crippen LogP contribution in [0, 0.1) is 12.8 Å². The van der Waals surface area contributed by atoms with Gasteiger partial charge in [0.05, 0.1) is 0 Å². The third-order valence-electron chi connectivity index (χ3n) is 4.09. The van der Waals surface area contributed by atoms with Crippen LogP contribution < -0.4 is 10.2 Å². The minimum atomic E-state index is 0.637. The smallest absolute Gasteiger partial charge is 0.0448 e. The molecule has 0 radical (unpaired) electrons. The van der Waals surface area contributed by atoms with Crippen molar-refractivity contribution in [3.63, 3.8) is 0 Å². The van der Waals surface area contributed by atoms with Gasteiger partial charge in [0.15, 0.2) is 0 Å². The second kappa shape index (κ2) is 6.38. The highest BCUT2D eigenvalue weighted by Gasteiger charge is 2.24. The molecular weight excluding hydrogens is 234 g/mol. The standard InChI is InChI=1S/C16H27N3/c1-5-17-9-15-10-18-13(3)8-16(15)19-11-12(2)6-7-14(19)4/h8,10,12,14,17H,5-7,9,11H2,1-4H3. The average Bonchev–Trinajstić information content (AvgIpc) is 2.40. The van der Waals surface area contributed by atoms with Crippen LogP contribution in [-0.4, -0.2) is 24.1 Å². The first-order valence-corrected chi connectivity index (χ1v) is 7.54. The highest BCUT2D eigenvalue weighted by molar-refractivity contribution is 5.54. The van der Waals surface area contributed by atoms with E-state index in [0.717, 1.165) is 24.7 Å². The van der Waals surface area contributed by atoms with Crippen LogP contribution in [-0.2, 0) is 6.54 Å². The first-order chi connectivity index (χ1) is 9.11. The summed E-state index contributed by atoms with van der Waals surface area (Å²) >= 11 is 0. The molecule has 2 unspecified atom stereocenters. The molecule has 1 aromatic heterocycles. The van der Waals surface area contributed by atoms with Crippen LogP contribution in [0.5, 0.6) is 0 Å². The normalized spacial score (nSPS) is 23.7. The van der Waals surface area contributed by atoms with Gasteiger partial charge in [0.2, 0.25) is 0 Å². The topological polar surface area (TPSA) is 28.2 Å². The molecule has 0 bridgehead atoms. The van der Waals surface area contributed by atoms with Crippen LogP contribution in [0.4, 0.5) is 5.69 Å². The Morgan fingerprint density at radius 2 is 2.16 bits per heavy atom. The minimum Gasteiger partial charge on any atom is -0.368 e.